The Hall–Kier alpha value is -1.02. The first kappa shape index (κ1) is 15.4. The molecule has 0 radical (unpaired) electrons. The van der Waals surface area contributed by atoms with E-state index in [0.29, 0.717) is 12.1 Å². The molecular formula is C18H29NO. The van der Waals surface area contributed by atoms with Crippen LogP contribution in [0, 0.1) is 12.8 Å². The molecule has 2 rings (SSSR count). The summed E-state index contributed by atoms with van der Waals surface area (Å²) in [5.41, 5.74) is 2.72. The van der Waals surface area contributed by atoms with Crippen molar-refractivity contribution < 1.29 is 4.74 Å². The molecule has 0 spiro atoms. The molecule has 1 aliphatic heterocycles. The lowest BCUT2D eigenvalue weighted by molar-refractivity contribution is 0.207. The topological polar surface area (TPSA) is 21.3 Å². The monoisotopic (exact) mass is 275 g/mol. The van der Waals surface area contributed by atoms with Gasteiger partial charge in [0.05, 0.1) is 0 Å². The molecule has 0 aromatic heterocycles. The van der Waals surface area contributed by atoms with Crippen molar-refractivity contribution in [2.75, 3.05) is 6.54 Å². The minimum Gasteiger partial charge on any atom is -0.490 e. The zero-order chi connectivity index (χ0) is 14.5. The van der Waals surface area contributed by atoms with Crippen LogP contribution in [0.1, 0.15) is 51.2 Å². The van der Waals surface area contributed by atoms with Crippen LogP contribution < -0.4 is 10.1 Å². The number of hydrogen-bond acceptors (Lipinski definition) is 2. The van der Waals surface area contributed by atoms with Crippen molar-refractivity contribution in [3.8, 4) is 5.75 Å². The van der Waals surface area contributed by atoms with Gasteiger partial charge in [0, 0.05) is 12.5 Å². The van der Waals surface area contributed by atoms with Crippen molar-refractivity contribution in [3.05, 3.63) is 29.3 Å². The van der Waals surface area contributed by atoms with Crippen molar-refractivity contribution in [1.29, 1.82) is 0 Å². The molecule has 2 heteroatoms. The van der Waals surface area contributed by atoms with Crippen LogP contribution >= 0.6 is 0 Å². The van der Waals surface area contributed by atoms with Crippen LogP contribution in [0.4, 0.5) is 0 Å². The predicted molar refractivity (Wildman–Crippen MR) is 85.5 cm³/mol. The summed E-state index contributed by atoms with van der Waals surface area (Å²) in [4.78, 5) is 0. The fourth-order valence-electron chi connectivity index (χ4n) is 3.16. The van der Waals surface area contributed by atoms with E-state index in [9.17, 15) is 0 Å². The van der Waals surface area contributed by atoms with E-state index in [1.807, 2.05) is 0 Å². The van der Waals surface area contributed by atoms with Crippen LogP contribution in [0.2, 0.25) is 0 Å². The molecule has 1 aromatic carbocycles. The number of fused-ring (bicyclic) bond motifs is 1. The lowest BCUT2D eigenvalue weighted by Crippen LogP contribution is -2.31. The molecule has 2 nitrogen and oxygen atoms in total. The minimum atomic E-state index is 0.375. The van der Waals surface area contributed by atoms with Crippen LogP contribution in [0.5, 0.6) is 5.75 Å². The fraction of sp³-hybridized carbons (Fsp3) is 0.667. The summed E-state index contributed by atoms with van der Waals surface area (Å²) >= 11 is 0. The molecule has 0 saturated heterocycles. The summed E-state index contributed by atoms with van der Waals surface area (Å²) < 4.78 is 6.07. The van der Waals surface area contributed by atoms with E-state index in [1.54, 1.807) is 0 Å². The molecule has 1 N–H and O–H groups in total. The molecule has 20 heavy (non-hydrogen) atoms. The lowest BCUT2D eigenvalue weighted by atomic mass is 9.97. The Morgan fingerprint density at radius 3 is 2.85 bits per heavy atom. The number of aryl methyl sites for hydroxylation is 1. The first-order valence-electron chi connectivity index (χ1n) is 8.08. The minimum absolute atomic E-state index is 0.375. The van der Waals surface area contributed by atoms with Crippen molar-refractivity contribution in [3.63, 3.8) is 0 Å². The Balaban J connectivity index is 1.83. The number of ether oxygens (including phenoxy) is 1. The molecular weight excluding hydrogens is 246 g/mol. The van der Waals surface area contributed by atoms with Crippen molar-refractivity contribution in [2.24, 2.45) is 5.92 Å². The zero-order valence-corrected chi connectivity index (χ0v) is 13.4. The fourth-order valence-corrected chi connectivity index (χ4v) is 3.16. The van der Waals surface area contributed by atoms with Crippen molar-refractivity contribution >= 4 is 0 Å². The molecule has 0 aliphatic carbocycles. The highest BCUT2D eigenvalue weighted by molar-refractivity contribution is 5.40. The van der Waals surface area contributed by atoms with E-state index in [1.165, 1.54) is 24.0 Å². The van der Waals surface area contributed by atoms with Gasteiger partial charge in [0.25, 0.3) is 0 Å². The Morgan fingerprint density at radius 2 is 2.15 bits per heavy atom. The molecule has 1 aliphatic rings. The Labute approximate surface area is 123 Å². The summed E-state index contributed by atoms with van der Waals surface area (Å²) in [6.45, 7) is 10.0. The average Bonchev–Trinajstić information content (AvgIpc) is 2.77. The second-order valence-corrected chi connectivity index (χ2v) is 6.52. The first-order valence-corrected chi connectivity index (χ1v) is 8.08. The van der Waals surface area contributed by atoms with E-state index >= 15 is 0 Å². The highest BCUT2D eigenvalue weighted by Gasteiger charge is 2.23. The molecule has 2 unspecified atom stereocenters. The third-order valence-electron chi connectivity index (χ3n) is 4.04. The van der Waals surface area contributed by atoms with E-state index in [0.717, 1.165) is 31.1 Å². The highest BCUT2D eigenvalue weighted by atomic mass is 16.5. The summed E-state index contributed by atoms with van der Waals surface area (Å²) in [6.07, 6.45) is 5.08. The van der Waals surface area contributed by atoms with Gasteiger partial charge in [-0.05, 0) is 50.3 Å². The van der Waals surface area contributed by atoms with Gasteiger partial charge in [0.1, 0.15) is 11.9 Å². The molecule has 1 heterocycles. The molecule has 0 amide bonds. The zero-order valence-electron chi connectivity index (χ0n) is 13.4. The SMILES string of the molecule is CCNC(CCC1Cc2cc(C)ccc2O1)CC(C)C. The average molecular weight is 275 g/mol. The third kappa shape index (κ3) is 4.24. The van der Waals surface area contributed by atoms with E-state index in [-0.39, 0.29) is 0 Å². The van der Waals surface area contributed by atoms with Crippen LogP contribution in [0.3, 0.4) is 0 Å². The Morgan fingerprint density at radius 1 is 1.35 bits per heavy atom. The van der Waals surface area contributed by atoms with Gasteiger partial charge in [-0.1, -0.05) is 38.5 Å². The number of rotatable bonds is 7. The van der Waals surface area contributed by atoms with Gasteiger partial charge in [-0.3, -0.25) is 0 Å². The smallest absolute Gasteiger partial charge is 0.123 e. The number of nitrogens with one attached hydrogen (secondary N) is 1. The van der Waals surface area contributed by atoms with Gasteiger partial charge in [0.2, 0.25) is 0 Å². The van der Waals surface area contributed by atoms with Gasteiger partial charge in [-0.25, -0.2) is 0 Å². The Bertz CT molecular complexity index is 427. The van der Waals surface area contributed by atoms with Crippen molar-refractivity contribution in [2.45, 2.75) is 65.5 Å². The van der Waals surface area contributed by atoms with E-state index in [2.05, 4.69) is 51.2 Å². The maximum Gasteiger partial charge on any atom is 0.123 e. The van der Waals surface area contributed by atoms with Gasteiger partial charge in [0.15, 0.2) is 0 Å². The second kappa shape index (κ2) is 7.12. The van der Waals surface area contributed by atoms with Gasteiger partial charge < -0.3 is 10.1 Å². The lowest BCUT2D eigenvalue weighted by Gasteiger charge is -2.21. The summed E-state index contributed by atoms with van der Waals surface area (Å²) in [7, 11) is 0. The predicted octanol–water partition coefficient (Wildman–Crippen LogP) is 4.10. The quantitative estimate of drug-likeness (QED) is 0.809. The van der Waals surface area contributed by atoms with E-state index in [4.69, 9.17) is 4.74 Å². The maximum absolute atomic E-state index is 6.07. The number of benzene rings is 1. The highest BCUT2D eigenvalue weighted by Crippen LogP contribution is 2.31. The summed E-state index contributed by atoms with van der Waals surface area (Å²) in [5.74, 6) is 1.85. The van der Waals surface area contributed by atoms with Crippen LogP contribution in [-0.4, -0.2) is 18.7 Å². The molecule has 0 saturated carbocycles. The summed E-state index contributed by atoms with van der Waals surface area (Å²) in [5, 5.41) is 3.61. The van der Waals surface area contributed by atoms with Crippen LogP contribution in [-0.2, 0) is 6.42 Å². The number of hydrogen-bond donors (Lipinski definition) is 1. The van der Waals surface area contributed by atoms with Crippen molar-refractivity contribution in [1.82, 2.24) is 5.32 Å². The van der Waals surface area contributed by atoms with Gasteiger partial charge >= 0.3 is 0 Å². The first-order chi connectivity index (χ1) is 9.58. The maximum atomic E-state index is 6.07. The molecule has 2 atom stereocenters. The summed E-state index contributed by atoms with van der Waals surface area (Å²) in [6, 6.07) is 7.17. The standard InChI is InChI=1S/C18H29NO/c1-5-19-16(10-13(2)3)7-8-17-12-15-11-14(4)6-9-18(15)20-17/h6,9,11,13,16-17,19H,5,7-8,10,12H2,1-4H3. The van der Waals surface area contributed by atoms with Crippen LogP contribution in [0.15, 0.2) is 18.2 Å². The second-order valence-electron chi connectivity index (χ2n) is 6.52. The van der Waals surface area contributed by atoms with Crippen LogP contribution in [0.25, 0.3) is 0 Å². The normalized spacial score (nSPS) is 18.9. The molecule has 0 fully saturated rings. The largest absolute Gasteiger partial charge is 0.490 e. The van der Waals surface area contributed by atoms with E-state index < -0.39 is 0 Å². The Kier molecular flexibility index (Phi) is 5.47. The van der Waals surface area contributed by atoms with Gasteiger partial charge in [-0.2, -0.15) is 0 Å². The molecule has 112 valence electrons. The molecule has 0 bridgehead atoms. The third-order valence-corrected chi connectivity index (χ3v) is 4.04. The molecule has 1 aromatic rings. The van der Waals surface area contributed by atoms with Gasteiger partial charge in [-0.15, -0.1) is 0 Å².